The molecule has 0 fully saturated rings. The van der Waals surface area contributed by atoms with Crippen molar-refractivity contribution in [1.82, 2.24) is 4.90 Å². The fourth-order valence-electron chi connectivity index (χ4n) is 2.86. The minimum absolute atomic E-state index is 0.307. The maximum atomic E-state index is 12.2. The third kappa shape index (κ3) is 6.35. The van der Waals surface area contributed by atoms with Gasteiger partial charge in [0.05, 0.1) is 5.56 Å². The van der Waals surface area contributed by atoms with Crippen molar-refractivity contribution in [1.29, 1.82) is 0 Å². The van der Waals surface area contributed by atoms with Gasteiger partial charge in [0.15, 0.2) is 0 Å². The second-order valence-electron chi connectivity index (χ2n) is 6.39. The van der Waals surface area contributed by atoms with Crippen LogP contribution in [0, 0.1) is 6.92 Å². The molecule has 0 atom stereocenters. The Morgan fingerprint density at radius 2 is 1.72 bits per heavy atom. The Hall–Kier alpha value is -2.13. The lowest BCUT2D eigenvalue weighted by atomic mass is 10.1. The Morgan fingerprint density at radius 3 is 2.36 bits per heavy atom. The van der Waals surface area contributed by atoms with E-state index in [1.165, 1.54) is 18.4 Å². The summed E-state index contributed by atoms with van der Waals surface area (Å²) >= 11 is 0. The maximum Gasteiger partial charge on any atom is 0.343 e. The molecule has 0 aliphatic carbocycles. The molecule has 0 unspecified atom stereocenters. The summed E-state index contributed by atoms with van der Waals surface area (Å²) in [4.78, 5) is 14.7. The van der Waals surface area contributed by atoms with Crippen LogP contribution in [-0.4, -0.2) is 30.5 Å². The van der Waals surface area contributed by atoms with Crippen molar-refractivity contribution in [2.45, 2.75) is 40.0 Å². The summed E-state index contributed by atoms with van der Waals surface area (Å²) in [6.45, 7) is 9.79. The van der Waals surface area contributed by atoms with Crippen molar-refractivity contribution in [3.8, 4) is 5.75 Å². The molecule has 25 heavy (non-hydrogen) atoms. The fourth-order valence-corrected chi connectivity index (χ4v) is 2.86. The molecule has 0 radical (unpaired) electrons. The first-order chi connectivity index (χ1) is 12.1. The average Bonchev–Trinajstić information content (AvgIpc) is 2.62. The highest BCUT2D eigenvalue weighted by Crippen LogP contribution is 2.15. The molecule has 0 aromatic heterocycles. The molecule has 2 rings (SSSR count). The van der Waals surface area contributed by atoms with Gasteiger partial charge in [-0.3, -0.25) is 0 Å². The standard InChI is InChI=1S/C22H29NO2/c1-4-23(5-2)16-7-6-10-19-12-14-20(15-13-19)22(24)25-21-11-8-9-18(3)17-21/h8-9,11-15,17H,4-7,10,16H2,1-3H3. The van der Waals surface area contributed by atoms with Crippen LogP contribution in [0.1, 0.15) is 48.2 Å². The molecule has 0 spiro atoms. The molecule has 0 heterocycles. The van der Waals surface area contributed by atoms with Crippen LogP contribution in [0.5, 0.6) is 5.75 Å². The van der Waals surface area contributed by atoms with Crippen LogP contribution in [0.25, 0.3) is 0 Å². The number of hydrogen-bond acceptors (Lipinski definition) is 3. The number of ether oxygens (including phenoxy) is 1. The molecule has 3 nitrogen and oxygen atoms in total. The van der Waals surface area contributed by atoms with Crippen LogP contribution in [0.15, 0.2) is 48.5 Å². The minimum Gasteiger partial charge on any atom is -0.423 e. The van der Waals surface area contributed by atoms with Crippen LogP contribution >= 0.6 is 0 Å². The zero-order valence-corrected chi connectivity index (χ0v) is 15.6. The quantitative estimate of drug-likeness (QED) is 0.370. The van der Waals surface area contributed by atoms with E-state index in [4.69, 9.17) is 4.74 Å². The average molecular weight is 339 g/mol. The Bertz CT molecular complexity index is 660. The van der Waals surface area contributed by atoms with Gasteiger partial charge in [0.2, 0.25) is 0 Å². The predicted octanol–water partition coefficient (Wildman–Crippen LogP) is 4.88. The monoisotopic (exact) mass is 339 g/mol. The first kappa shape index (κ1) is 19.2. The van der Waals surface area contributed by atoms with Crippen LogP contribution < -0.4 is 4.74 Å². The van der Waals surface area contributed by atoms with E-state index in [2.05, 4.69) is 18.7 Å². The lowest BCUT2D eigenvalue weighted by Gasteiger charge is -2.17. The molecule has 2 aromatic carbocycles. The molecule has 134 valence electrons. The summed E-state index contributed by atoms with van der Waals surface area (Å²) in [6.07, 6.45) is 3.43. The molecule has 0 amide bonds. The van der Waals surface area contributed by atoms with Crippen molar-refractivity contribution in [2.75, 3.05) is 19.6 Å². The summed E-state index contributed by atoms with van der Waals surface area (Å²) in [5.74, 6) is 0.282. The third-order valence-electron chi connectivity index (χ3n) is 4.47. The van der Waals surface area contributed by atoms with Crippen molar-refractivity contribution >= 4 is 5.97 Å². The van der Waals surface area contributed by atoms with Crippen molar-refractivity contribution in [3.63, 3.8) is 0 Å². The summed E-state index contributed by atoms with van der Waals surface area (Å²) in [6, 6.07) is 15.3. The second-order valence-corrected chi connectivity index (χ2v) is 6.39. The molecule has 0 saturated carbocycles. The van der Waals surface area contributed by atoms with Gasteiger partial charge in [0.1, 0.15) is 5.75 Å². The Labute approximate surface area is 151 Å². The normalized spacial score (nSPS) is 10.9. The van der Waals surface area contributed by atoms with Crippen molar-refractivity contribution in [3.05, 3.63) is 65.2 Å². The second kappa shape index (κ2) is 10.00. The number of hydrogen-bond donors (Lipinski definition) is 0. The molecular weight excluding hydrogens is 310 g/mol. The van der Waals surface area contributed by atoms with Gasteiger partial charge in [0, 0.05) is 0 Å². The van der Waals surface area contributed by atoms with E-state index in [1.54, 1.807) is 6.07 Å². The molecule has 0 aliphatic heterocycles. The topological polar surface area (TPSA) is 29.5 Å². The van der Waals surface area contributed by atoms with Gasteiger partial charge in [-0.2, -0.15) is 0 Å². The Balaban J connectivity index is 1.81. The number of carbonyl (C=O) groups excluding carboxylic acids is 1. The summed E-state index contributed by atoms with van der Waals surface area (Å²) in [5, 5.41) is 0. The van der Waals surface area contributed by atoms with Gasteiger partial charge in [-0.25, -0.2) is 4.79 Å². The first-order valence-electron chi connectivity index (χ1n) is 9.22. The number of aryl methyl sites for hydroxylation is 2. The van der Waals surface area contributed by atoms with Crippen LogP contribution in [0.3, 0.4) is 0 Å². The van der Waals surface area contributed by atoms with E-state index in [9.17, 15) is 4.79 Å². The van der Waals surface area contributed by atoms with E-state index >= 15 is 0 Å². The highest BCUT2D eigenvalue weighted by atomic mass is 16.5. The smallest absolute Gasteiger partial charge is 0.343 e. The number of nitrogens with zero attached hydrogens (tertiary/aromatic N) is 1. The van der Waals surface area contributed by atoms with Crippen LogP contribution in [0.2, 0.25) is 0 Å². The molecule has 0 bridgehead atoms. The molecule has 0 saturated heterocycles. The zero-order valence-electron chi connectivity index (χ0n) is 15.6. The number of esters is 1. The van der Waals surface area contributed by atoms with E-state index < -0.39 is 0 Å². The van der Waals surface area contributed by atoms with E-state index in [0.29, 0.717) is 11.3 Å². The Kier molecular flexibility index (Phi) is 7.68. The van der Waals surface area contributed by atoms with Gasteiger partial charge in [0.25, 0.3) is 0 Å². The highest BCUT2D eigenvalue weighted by Gasteiger charge is 2.08. The number of benzene rings is 2. The van der Waals surface area contributed by atoms with Gasteiger partial charge in [-0.05, 0) is 81.2 Å². The molecule has 2 aromatic rings. The van der Waals surface area contributed by atoms with Crippen LogP contribution in [0.4, 0.5) is 0 Å². The van der Waals surface area contributed by atoms with Crippen molar-refractivity contribution < 1.29 is 9.53 Å². The lowest BCUT2D eigenvalue weighted by molar-refractivity contribution is 0.0734. The summed E-state index contributed by atoms with van der Waals surface area (Å²) in [7, 11) is 0. The van der Waals surface area contributed by atoms with Gasteiger partial charge in [-0.15, -0.1) is 0 Å². The van der Waals surface area contributed by atoms with Gasteiger partial charge >= 0.3 is 5.97 Å². The molecule has 0 N–H and O–H groups in total. The number of rotatable bonds is 9. The highest BCUT2D eigenvalue weighted by molar-refractivity contribution is 5.91. The Morgan fingerprint density at radius 1 is 1.00 bits per heavy atom. The molecular formula is C22H29NO2. The minimum atomic E-state index is -0.307. The van der Waals surface area contributed by atoms with E-state index in [-0.39, 0.29) is 5.97 Å². The predicted molar refractivity (Wildman–Crippen MR) is 103 cm³/mol. The third-order valence-corrected chi connectivity index (χ3v) is 4.47. The summed E-state index contributed by atoms with van der Waals surface area (Å²) < 4.78 is 5.43. The van der Waals surface area contributed by atoms with Crippen molar-refractivity contribution in [2.24, 2.45) is 0 Å². The van der Waals surface area contributed by atoms with Gasteiger partial charge < -0.3 is 9.64 Å². The first-order valence-corrected chi connectivity index (χ1v) is 9.22. The zero-order chi connectivity index (χ0) is 18.1. The molecule has 3 heteroatoms. The van der Waals surface area contributed by atoms with E-state index in [0.717, 1.165) is 31.6 Å². The largest absolute Gasteiger partial charge is 0.423 e. The molecule has 0 aliphatic rings. The number of carbonyl (C=O) groups is 1. The number of unbranched alkanes of at least 4 members (excludes halogenated alkanes) is 1. The lowest BCUT2D eigenvalue weighted by Crippen LogP contribution is -2.23. The SMILES string of the molecule is CCN(CC)CCCCc1ccc(C(=O)Oc2cccc(C)c2)cc1. The maximum absolute atomic E-state index is 12.2. The van der Waals surface area contributed by atoms with Gasteiger partial charge in [-0.1, -0.05) is 38.1 Å². The fraction of sp³-hybridized carbons (Fsp3) is 0.409. The summed E-state index contributed by atoms with van der Waals surface area (Å²) in [5.41, 5.74) is 2.94. The van der Waals surface area contributed by atoms with Crippen LogP contribution in [-0.2, 0) is 6.42 Å². The van der Waals surface area contributed by atoms with E-state index in [1.807, 2.05) is 49.4 Å².